The van der Waals surface area contributed by atoms with Crippen LogP contribution >= 0.6 is 0 Å². The Morgan fingerprint density at radius 3 is 1.26 bits per heavy atom. The van der Waals surface area contributed by atoms with Gasteiger partial charge in [-0.3, -0.25) is 0 Å². The number of ether oxygens (including phenoxy) is 2. The van der Waals surface area contributed by atoms with Gasteiger partial charge < -0.3 is 30.7 Å². The van der Waals surface area contributed by atoms with E-state index in [0.29, 0.717) is 0 Å². The summed E-state index contributed by atoms with van der Waals surface area (Å²) in [6.45, 7) is 0. The summed E-state index contributed by atoms with van der Waals surface area (Å²) < 4.78 is 9.67. The normalized spacial score (nSPS) is 11.8. The van der Waals surface area contributed by atoms with E-state index in [9.17, 15) is 19.2 Å². The first kappa shape index (κ1) is 27.7. The Labute approximate surface area is 220 Å². The second kappa shape index (κ2) is 14.0. The van der Waals surface area contributed by atoms with Gasteiger partial charge in [0.2, 0.25) is 0 Å². The van der Waals surface area contributed by atoms with Gasteiger partial charge in [-0.2, -0.15) is 0 Å². The van der Waals surface area contributed by atoms with E-state index in [-0.39, 0.29) is 24.2 Å². The minimum absolute atomic E-state index is 0.236. The Bertz CT molecular complexity index is 1140. The van der Waals surface area contributed by atoms with Crippen LogP contribution in [0.5, 0.6) is 0 Å². The van der Waals surface area contributed by atoms with Crippen LogP contribution in [-0.2, 0) is 31.9 Å². The van der Waals surface area contributed by atoms with Gasteiger partial charge in [0, 0.05) is 12.8 Å². The van der Waals surface area contributed by atoms with E-state index in [1.807, 2.05) is 60.7 Å². The number of carbonyl (C=O) groups is 4. The van der Waals surface area contributed by atoms with Crippen molar-refractivity contribution in [2.75, 3.05) is 24.9 Å². The highest BCUT2D eigenvalue weighted by atomic mass is 16.5. The second-order valence-electron chi connectivity index (χ2n) is 8.27. The quantitative estimate of drug-likeness (QED) is 0.304. The van der Waals surface area contributed by atoms with E-state index in [0.717, 1.165) is 11.1 Å². The zero-order valence-electron chi connectivity index (χ0n) is 21.1. The highest BCUT2D eigenvalue weighted by Gasteiger charge is 2.24. The number of rotatable bonds is 10. The molecule has 0 unspecified atom stereocenters. The van der Waals surface area contributed by atoms with Gasteiger partial charge in [0.15, 0.2) is 0 Å². The van der Waals surface area contributed by atoms with Crippen molar-refractivity contribution >= 4 is 35.4 Å². The van der Waals surface area contributed by atoms with Crippen molar-refractivity contribution in [2.45, 2.75) is 24.9 Å². The molecule has 2 atom stereocenters. The summed E-state index contributed by atoms with van der Waals surface area (Å²) in [5, 5.41) is 10.5. The monoisotopic (exact) mass is 518 g/mol. The van der Waals surface area contributed by atoms with Crippen molar-refractivity contribution in [3.63, 3.8) is 0 Å². The molecule has 0 fully saturated rings. The largest absolute Gasteiger partial charge is 0.467 e. The molecular weight excluding hydrogens is 488 g/mol. The van der Waals surface area contributed by atoms with Gasteiger partial charge in [-0.25, -0.2) is 19.2 Å². The van der Waals surface area contributed by atoms with Crippen molar-refractivity contribution < 1.29 is 28.7 Å². The number of nitrogens with one attached hydrogen (secondary N) is 4. The maximum atomic E-state index is 12.8. The van der Waals surface area contributed by atoms with E-state index in [4.69, 9.17) is 9.47 Å². The van der Waals surface area contributed by atoms with Gasteiger partial charge in [-0.05, 0) is 23.3 Å². The van der Waals surface area contributed by atoms with Crippen LogP contribution < -0.4 is 21.3 Å². The van der Waals surface area contributed by atoms with Crippen LogP contribution in [0.3, 0.4) is 0 Å². The van der Waals surface area contributed by atoms with E-state index in [1.165, 1.54) is 14.2 Å². The van der Waals surface area contributed by atoms with Gasteiger partial charge in [0.25, 0.3) is 0 Å². The highest BCUT2D eigenvalue weighted by Crippen LogP contribution is 2.21. The SMILES string of the molecule is COC(=O)[C@@H](Cc1ccccc1)NC(=O)Nc1ccccc1NC(=O)N[C@H](Cc1ccccc1)C(=O)OC. The summed E-state index contributed by atoms with van der Waals surface area (Å²) in [7, 11) is 2.49. The third-order valence-electron chi connectivity index (χ3n) is 5.57. The summed E-state index contributed by atoms with van der Waals surface area (Å²) in [6, 6.07) is 21.7. The summed E-state index contributed by atoms with van der Waals surface area (Å²) in [4.78, 5) is 50.0. The molecule has 0 saturated heterocycles. The minimum Gasteiger partial charge on any atom is -0.467 e. The first-order valence-electron chi connectivity index (χ1n) is 11.9. The van der Waals surface area contributed by atoms with Crippen LogP contribution in [0.1, 0.15) is 11.1 Å². The number of para-hydroxylation sites is 2. The molecule has 4 N–H and O–H groups in total. The molecule has 3 aromatic carbocycles. The summed E-state index contributed by atoms with van der Waals surface area (Å²) in [5.74, 6) is -1.19. The standard InChI is InChI=1S/C28H30N4O6/c1-37-25(33)23(17-19-11-5-3-6-12-19)31-27(35)29-21-15-9-10-16-22(21)30-28(36)32-24(26(34)38-2)18-20-13-7-4-8-14-20/h3-16,23-24H,17-18H2,1-2H3,(H2,29,31,35)(H2,30,32,36)/t23-,24-/m1/s1. The molecule has 0 aliphatic heterocycles. The molecule has 0 spiro atoms. The van der Waals surface area contributed by atoms with Gasteiger partial charge in [0.1, 0.15) is 12.1 Å². The Kier molecular flexibility index (Phi) is 10.2. The molecule has 38 heavy (non-hydrogen) atoms. The van der Waals surface area contributed by atoms with Crippen molar-refractivity contribution in [2.24, 2.45) is 0 Å². The molecule has 3 aromatic rings. The van der Waals surface area contributed by atoms with Crippen LogP contribution in [0.25, 0.3) is 0 Å². The number of carbonyl (C=O) groups excluding carboxylic acids is 4. The molecule has 0 aliphatic carbocycles. The number of benzene rings is 3. The topological polar surface area (TPSA) is 135 Å². The van der Waals surface area contributed by atoms with Crippen molar-refractivity contribution in [3.05, 3.63) is 96.1 Å². The van der Waals surface area contributed by atoms with E-state index < -0.39 is 36.1 Å². The molecule has 0 bridgehead atoms. The number of hydrogen-bond acceptors (Lipinski definition) is 6. The number of anilines is 2. The highest BCUT2D eigenvalue weighted by molar-refractivity contribution is 6.00. The number of amides is 4. The Morgan fingerprint density at radius 1 is 0.579 bits per heavy atom. The molecule has 0 radical (unpaired) electrons. The van der Waals surface area contributed by atoms with Crippen molar-refractivity contribution in [1.29, 1.82) is 0 Å². The summed E-state index contributed by atoms with van der Waals surface area (Å²) in [6.07, 6.45) is 0.471. The summed E-state index contributed by atoms with van der Waals surface area (Å²) >= 11 is 0. The lowest BCUT2D eigenvalue weighted by Gasteiger charge is -2.19. The maximum absolute atomic E-state index is 12.8. The fourth-order valence-electron chi connectivity index (χ4n) is 3.71. The second-order valence-corrected chi connectivity index (χ2v) is 8.27. The van der Waals surface area contributed by atoms with Gasteiger partial charge >= 0.3 is 24.0 Å². The number of esters is 2. The van der Waals surface area contributed by atoms with Crippen LogP contribution in [0.15, 0.2) is 84.9 Å². The van der Waals surface area contributed by atoms with Crippen molar-refractivity contribution in [1.82, 2.24) is 10.6 Å². The number of methoxy groups -OCH3 is 2. The molecule has 198 valence electrons. The molecule has 3 rings (SSSR count). The number of urea groups is 2. The zero-order chi connectivity index (χ0) is 27.3. The Morgan fingerprint density at radius 2 is 0.921 bits per heavy atom. The lowest BCUT2D eigenvalue weighted by atomic mass is 10.1. The Balaban J connectivity index is 1.66. The smallest absolute Gasteiger partial charge is 0.328 e. The van der Waals surface area contributed by atoms with Gasteiger partial charge in [0.05, 0.1) is 25.6 Å². The average molecular weight is 519 g/mol. The molecule has 0 aliphatic rings. The van der Waals surface area contributed by atoms with Crippen LogP contribution in [-0.4, -0.2) is 50.3 Å². The molecule has 0 saturated carbocycles. The van der Waals surface area contributed by atoms with Gasteiger partial charge in [-0.15, -0.1) is 0 Å². The molecule has 0 heterocycles. The number of hydrogen-bond donors (Lipinski definition) is 4. The predicted octanol–water partition coefficient (Wildman–Crippen LogP) is 3.50. The first-order chi connectivity index (χ1) is 18.4. The van der Waals surface area contributed by atoms with Crippen molar-refractivity contribution in [3.8, 4) is 0 Å². The molecule has 10 nitrogen and oxygen atoms in total. The maximum Gasteiger partial charge on any atom is 0.328 e. The van der Waals surface area contributed by atoms with Crippen LogP contribution in [0.4, 0.5) is 21.0 Å². The van der Waals surface area contributed by atoms with E-state index >= 15 is 0 Å². The van der Waals surface area contributed by atoms with E-state index in [2.05, 4.69) is 21.3 Å². The van der Waals surface area contributed by atoms with Crippen LogP contribution in [0, 0.1) is 0 Å². The lowest BCUT2D eigenvalue weighted by Crippen LogP contribution is -2.45. The fourth-order valence-corrected chi connectivity index (χ4v) is 3.71. The average Bonchev–Trinajstić information content (AvgIpc) is 2.93. The van der Waals surface area contributed by atoms with Gasteiger partial charge in [-0.1, -0.05) is 72.8 Å². The molecule has 0 aromatic heterocycles. The minimum atomic E-state index is -0.926. The fraction of sp³-hybridized carbons (Fsp3) is 0.214. The molecule has 10 heteroatoms. The van der Waals surface area contributed by atoms with Crippen LogP contribution in [0.2, 0.25) is 0 Å². The molecule has 4 amide bonds. The summed E-state index contributed by atoms with van der Waals surface area (Å²) in [5.41, 5.74) is 2.25. The van der Waals surface area contributed by atoms with E-state index in [1.54, 1.807) is 24.3 Å². The first-order valence-corrected chi connectivity index (χ1v) is 11.9. The zero-order valence-corrected chi connectivity index (χ0v) is 21.1. The third kappa shape index (κ3) is 8.37. The Hall–Kier alpha value is -4.86. The third-order valence-corrected chi connectivity index (χ3v) is 5.57. The predicted molar refractivity (Wildman–Crippen MR) is 143 cm³/mol. The molecular formula is C28H30N4O6. The lowest BCUT2D eigenvalue weighted by molar-refractivity contribution is -0.143.